The van der Waals surface area contributed by atoms with Crippen LogP contribution >= 0.6 is 11.3 Å². The molecule has 2 heterocycles. The molecular formula is C18H25N5S. The van der Waals surface area contributed by atoms with Crippen LogP contribution in [0.3, 0.4) is 0 Å². The van der Waals surface area contributed by atoms with E-state index < -0.39 is 0 Å². The Morgan fingerprint density at radius 3 is 2.79 bits per heavy atom. The van der Waals surface area contributed by atoms with E-state index in [0.717, 1.165) is 27.3 Å². The molecule has 0 bridgehead atoms. The maximum absolute atomic E-state index is 4.62. The number of aromatic nitrogens is 3. The standard InChI is InChI=1S/C18H25N5S/c1-13(12-15-10-7-11-16(20-15)23(2)3)19-18-22-21-17(24-18)14-8-5-4-6-9-14/h7,10-11,14H,1,4-6,8-9,12H2,2-3H3,(H,19,22). The molecule has 5 nitrogen and oxygen atoms in total. The van der Waals surface area contributed by atoms with Crippen LogP contribution in [0.4, 0.5) is 10.9 Å². The van der Waals surface area contributed by atoms with Gasteiger partial charge >= 0.3 is 0 Å². The SMILES string of the molecule is C=C(Cc1cccc(N(C)C)n1)Nc1nnc(C2CCCCC2)s1. The molecule has 0 aromatic carbocycles. The fourth-order valence-electron chi connectivity index (χ4n) is 3.03. The van der Waals surface area contributed by atoms with E-state index >= 15 is 0 Å². The van der Waals surface area contributed by atoms with Gasteiger partial charge in [-0.15, -0.1) is 10.2 Å². The summed E-state index contributed by atoms with van der Waals surface area (Å²) in [4.78, 5) is 6.63. The van der Waals surface area contributed by atoms with E-state index in [1.807, 2.05) is 37.2 Å². The van der Waals surface area contributed by atoms with Crippen molar-refractivity contribution in [1.29, 1.82) is 0 Å². The molecular weight excluding hydrogens is 318 g/mol. The maximum atomic E-state index is 4.62. The van der Waals surface area contributed by atoms with Crippen LogP contribution in [0.15, 0.2) is 30.5 Å². The minimum Gasteiger partial charge on any atom is -0.363 e. The van der Waals surface area contributed by atoms with Crippen molar-refractivity contribution < 1.29 is 0 Å². The Balaban J connectivity index is 1.59. The van der Waals surface area contributed by atoms with Crippen LogP contribution in [0.2, 0.25) is 0 Å². The second-order valence-electron chi connectivity index (χ2n) is 6.57. The smallest absolute Gasteiger partial charge is 0.209 e. The van der Waals surface area contributed by atoms with Gasteiger partial charge in [0.25, 0.3) is 0 Å². The Labute approximate surface area is 147 Å². The normalized spacial score (nSPS) is 15.2. The number of allylic oxidation sites excluding steroid dienone is 1. The first-order valence-corrected chi connectivity index (χ1v) is 9.35. The zero-order valence-corrected chi connectivity index (χ0v) is 15.3. The van der Waals surface area contributed by atoms with Crippen molar-refractivity contribution in [3.8, 4) is 0 Å². The molecule has 0 saturated heterocycles. The molecule has 1 aliphatic carbocycles. The summed E-state index contributed by atoms with van der Waals surface area (Å²) in [6.07, 6.45) is 7.16. The van der Waals surface area contributed by atoms with Crippen molar-refractivity contribution in [2.45, 2.75) is 44.4 Å². The minimum absolute atomic E-state index is 0.596. The molecule has 128 valence electrons. The van der Waals surface area contributed by atoms with Crippen LogP contribution in [-0.4, -0.2) is 29.3 Å². The van der Waals surface area contributed by atoms with Crippen molar-refractivity contribution in [3.63, 3.8) is 0 Å². The first kappa shape index (κ1) is 16.9. The predicted molar refractivity (Wildman–Crippen MR) is 101 cm³/mol. The average Bonchev–Trinajstić information content (AvgIpc) is 3.04. The molecule has 1 saturated carbocycles. The van der Waals surface area contributed by atoms with Gasteiger partial charge in [-0.25, -0.2) is 4.98 Å². The Hall–Kier alpha value is -1.95. The molecule has 6 heteroatoms. The Morgan fingerprint density at radius 1 is 1.25 bits per heavy atom. The molecule has 2 aromatic rings. The minimum atomic E-state index is 0.596. The Bertz CT molecular complexity index is 688. The van der Waals surface area contributed by atoms with Gasteiger partial charge in [0, 0.05) is 37.8 Å². The molecule has 3 rings (SSSR count). The van der Waals surface area contributed by atoms with Crippen LogP contribution in [0, 0.1) is 0 Å². The number of hydrogen-bond acceptors (Lipinski definition) is 6. The molecule has 0 atom stereocenters. The van der Waals surface area contributed by atoms with Crippen molar-refractivity contribution in [2.75, 3.05) is 24.3 Å². The quantitative estimate of drug-likeness (QED) is 0.851. The van der Waals surface area contributed by atoms with E-state index in [1.54, 1.807) is 11.3 Å². The highest BCUT2D eigenvalue weighted by molar-refractivity contribution is 7.15. The zero-order chi connectivity index (χ0) is 16.9. The third-order valence-corrected chi connectivity index (χ3v) is 5.32. The molecule has 0 unspecified atom stereocenters. The summed E-state index contributed by atoms with van der Waals surface area (Å²) >= 11 is 1.66. The number of anilines is 2. The van der Waals surface area contributed by atoms with Gasteiger partial charge in [0.2, 0.25) is 5.13 Å². The van der Waals surface area contributed by atoms with E-state index in [-0.39, 0.29) is 0 Å². The summed E-state index contributed by atoms with van der Waals surface area (Å²) < 4.78 is 0. The highest BCUT2D eigenvalue weighted by Gasteiger charge is 2.19. The summed E-state index contributed by atoms with van der Waals surface area (Å²) in [7, 11) is 3.99. The molecule has 2 aromatic heterocycles. The monoisotopic (exact) mass is 343 g/mol. The zero-order valence-electron chi connectivity index (χ0n) is 14.5. The van der Waals surface area contributed by atoms with Gasteiger partial charge in [-0.3, -0.25) is 0 Å². The van der Waals surface area contributed by atoms with E-state index in [1.165, 1.54) is 32.1 Å². The maximum Gasteiger partial charge on any atom is 0.209 e. The number of pyridine rings is 1. The summed E-state index contributed by atoms with van der Waals surface area (Å²) in [6, 6.07) is 6.05. The van der Waals surface area contributed by atoms with Gasteiger partial charge in [-0.1, -0.05) is 43.2 Å². The number of nitrogens with zero attached hydrogens (tertiary/aromatic N) is 4. The lowest BCUT2D eigenvalue weighted by atomic mass is 9.90. The second kappa shape index (κ2) is 7.75. The summed E-state index contributed by atoms with van der Waals surface area (Å²) in [5.74, 6) is 1.55. The summed E-state index contributed by atoms with van der Waals surface area (Å²) in [6.45, 7) is 4.12. The topological polar surface area (TPSA) is 53.9 Å². The van der Waals surface area contributed by atoms with Gasteiger partial charge in [0.15, 0.2) is 0 Å². The van der Waals surface area contributed by atoms with Crippen molar-refractivity contribution in [2.24, 2.45) is 0 Å². The van der Waals surface area contributed by atoms with Crippen LogP contribution in [0.25, 0.3) is 0 Å². The lowest BCUT2D eigenvalue weighted by Crippen LogP contribution is -2.12. The second-order valence-corrected chi connectivity index (χ2v) is 7.58. The highest BCUT2D eigenvalue weighted by Crippen LogP contribution is 2.35. The molecule has 1 fully saturated rings. The van der Waals surface area contributed by atoms with Gasteiger partial charge in [-0.2, -0.15) is 0 Å². The molecule has 1 N–H and O–H groups in total. The fraction of sp³-hybridized carbons (Fsp3) is 0.500. The molecule has 0 aliphatic heterocycles. The van der Waals surface area contributed by atoms with Crippen LogP contribution in [0.5, 0.6) is 0 Å². The van der Waals surface area contributed by atoms with Crippen LogP contribution < -0.4 is 10.2 Å². The molecule has 0 radical (unpaired) electrons. The average molecular weight is 344 g/mol. The van der Waals surface area contributed by atoms with E-state index in [2.05, 4.69) is 27.1 Å². The third-order valence-electron chi connectivity index (χ3n) is 4.32. The first-order valence-electron chi connectivity index (χ1n) is 8.53. The summed E-state index contributed by atoms with van der Waals surface area (Å²) in [5, 5.41) is 14.0. The highest BCUT2D eigenvalue weighted by atomic mass is 32.1. The Morgan fingerprint density at radius 2 is 2.04 bits per heavy atom. The largest absolute Gasteiger partial charge is 0.363 e. The molecule has 24 heavy (non-hydrogen) atoms. The summed E-state index contributed by atoms with van der Waals surface area (Å²) in [5.41, 5.74) is 1.89. The molecule has 0 spiro atoms. The van der Waals surface area contributed by atoms with Gasteiger partial charge < -0.3 is 10.2 Å². The van der Waals surface area contributed by atoms with Crippen molar-refractivity contribution in [3.05, 3.63) is 41.2 Å². The molecule has 1 aliphatic rings. The fourth-order valence-corrected chi connectivity index (χ4v) is 3.99. The molecule has 0 amide bonds. The Kier molecular flexibility index (Phi) is 5.45. The van der Waals surface area contributed by atoms with E-state index in [4.69, 9.17) is 0 Å². The van der Waals surface area contributed by atoms with E-state index in [9.17, 15) is 0 Å². The van der Waals surface area contributed by atoms with Gasteiger partial charge in [-0.05, 0) is 25.0 Å². The number of rotatable bonds is 6. The van der Waals surface area contributed by atoms with Gasteiger partial charge in [0.1, 0.15) is 10.8 Å². The lowest BCUT2D eigenvalue weighted by Gasteiger charge is -2.18. The van der Waals surface area contributed by atoms with Crippen molar-refractivity contribution >= 4 is 22.3 Å². The number of hydrogen-bond donors (Lipinski definition) is 1. The third kappa shape index (κ3) is 4.32. The van der Waals surface area contributed by atoms with Crippen LogP contribution in [-0.2, 0) is 6.42 Å². The first-order chi connectivity index (χ1) is 11.6. The lowest BCUT2D eigenvalue weighted by molar-refractivity contribution is 0.440. The number of nitrogens with one attached hydrogen (secondary N) is 1. The predicted octanol–water partition coefficient (Wildman–Crippen LogP) is 4.22. The van der Waals surface area contributed by atoms with E-state index in [0.29, 0.717) is 12.3 Å². The van der Waals surface area contributed by atoms with Crippen molar-refractivity contribution in [1.82, 2.24) is 15.2 Å². The van der Waals surface area contributed by atoms with Gasteiger partial charge in [0.05, 0.1) is 0 Å². The van der Waals surface area contributed by atoms with Crippen LogP contribution in [0.1, 0.15) is 48.7 Å².